The SMILES string of the molecule is CNc1cc(C(=O)NCc2nc(C)no2)cc(Cl)n1. The average molecular weight is 282 g/mol. The molecular formula is C11H12ClN5O2. The maximum atomic E-state index is 11.9. The third kappa shape index (κ3) is 3.41. The highest BCUT2D eigenvalue weighted by Gasteiger charge is 2.10. The number of carbonyl (C=O) groups is 1. The van der Waals surface area contributed by atoms with Crippen LogP contribution in [0.1, 0.15) is 22.1 Å². The number of rotatable bonds is 4. The summed E-state index contributed by atoms with van der Waals surface area (Å²) < 4.78 is 4.89. The summed E-state index contributed by atoms with van der Waals surface area (Å²) in [5.74, 6) is 1.09. The van der Waals surface area contributed by atoms with Gasteiger partial charge in [0.05, 0.1) is 6.54 Å². The molecule has 0 bridgehead atoms. The summed E-state index contributed by atoms with van der Waals surface area (Å²) in [6, 6.07) is 3.08. The molecule has 0 fully saturated rings. The highest BCUT2D eigenvalue weighted by molar-refractivity contribution is 6.29. The molecule has 0 unspecified atom stereocenters. The third-order valence-electron chi connectivity index (χ3n) is 2.28. The van der Waals surface area contributed by atoms with E-state index in [9.17, 15) is 4.79 Å². The van der Waals surface area contributed by atoms with Crippen LogP contribution in [0.2, 0.25) is 5.15 Å². The van der Waals surface area contributed by atoms with Gasteiger partial charge in [0.15, 0.2) is 5.82 Å². The van der Waals surface area contributed by atoms with Gasteiger partial charge in [-0.2, -0.15) is 4.98 Å². The van der Waals surface area contributed by atoms with Crippen molar-refractivity contribution in [3.8, 4) is 0 Å². The van der Waals surface area contributed by atoms with Gasteiger partial charge >= 0.3 is 0 Å². The predicted molar refractivity (Wildman–Crippen MR) is 69.0 cm³/mol. The van der Waals surface area contributed by atoms with E-state index in [1.165, 1.54) is 6.07 Å². The monoisotopic (exact) mass is 281 g/mol. The molecular weight excluding hydrogens is 270 g/mol. The highest BCUT2D eigenvalue weighted by Crippen LogP contribution is 2.14. The number of amides is 1. The molecule has 2 N–H and O–H groups in total. The zero-order valence-electron chi connectivity index (χ0n) is 10.4. The van der Waals surface area contributed by atoms with Crippen molar-refractivity contribution < 1.29 is 9.32 Å². The molecule has 0 aliphatic carbocycles. The van der Waals surface area contributed by atoms with Crippen molar-refractivity contribution in [2.75, 3.05) is 12.4 Å². The zero-order chi connectivity index (χ0) is 13.8. The summed E-state index contributed by atoms with van der Waals surface area (Å²) in [5.41, 5.74) is 0.403. The molecule has 19 heavy (non-hydrogen) atoms. The Labute approximate surface area is 114 Å². The van der Waals surface area contributed by atoms with E-state index in [1.807, 2.05) is 0 Å². The summed E-state index contributed by atoms with van der Waals surface area (Å²) >= 11 is 5.82. The number of nitrogens with one attached hydrogen (secondary N) is 2. The molecule has 0 saturated carbocycles. The maximum Gasteiger partial charge on any atom is 0.251 e. The van der Waals surface area contributed by atoms with Crippen molar-refractivity contribution in [2.45, 2.75) is 13.5 Å². The Bertz CT molecular complexity index is 599. The number of halogens is 1. The van der Waals surface area contributed by atoms with E-state index in [0.717, 1.165) is 0 Å². The fourth-order valence-corrected chi connectivity index (χ4v) is 1.63. The van der Waals surface area contributed by atoms with Gasteiger partial charge < -0.3 is 15.2 Å². The summed E-state index contributed by atoms with van der Waals surface area (Å²) in [4.78, 5) is 19.9. The van der Waals surface area contributed by atoms with E-state index in [0.29, 0.717) is 23.1 Å². The van der Waals surface area contributed by atoms with Crippen LogP contribution in [0.5, 0.6) is 0 Å². The number of nitrogens with zero attached hydrogens (tertiary/aromatic N) is 3. The fraction of sp³-hybridized carbons (Fsp3) is 0.273. The Hall–Kier alpha value is -2.15. The largest absolute Gasteiger partial charge is 0.373 e. The topological polar surface area (TPSA) is 92.9 Å². The Balaban J connectivity index is 2.05. The van der Waals surface area contributed by atoms with Crippen molar-refractivity contribution in [1.29, 1.82) is 0 Å². The Kier molecular flexibility index (Phi) is 3.96. The zero-order valence-corrected chi connectivity index (χ0v) is 11.2. The van der Waals surface area contributed by atoms with Gasteiger partial charge in [0.25, 0.3) is 5.91 Å². The normalized spacial score (nSPS) is 10.3. The van der Waals surface area contributed by atoms with Crippen LogP contribution in [0.4, 0.5) is 5.82 Å². The minimum atomic E-state index is -0.295. The maximum absolute atomic E-state index is 11.9. The molecule has 0 aliphatic rings. The number of hydrogen-bond acceptors (Lipinski definition) is 6. The molecule has 0 saturated heterocycles. The lowest BCUT2D eigenvalue weighted by Crippen LogP contribution is -2.23. The van der Waals surface area contributed by atoms with Gasteiger partial charge in [-0.25, -0.2) is 4.98 Å². The lowest BCUT2D eigenvalue weighted by atomic mass is 10.2. The smallest absolute Gasteiger partial charge is 0.251 e. The number of aromatic nitrogens is 3. The van der Waals surface area contributed by atoms with Crippen molar-refractivity contribution in [1.82, 2.24) is 20.4 Å². The molecule has 0 radical (unpaired) electrons. The molecule has 100 valence electrons. The van der Waals surface area contributed by atoms with E-state index in [-0.39, 0.29) is 17.6 Å². The molecule has 2 heterocycles. The minimum Gasteiger partial charge on any atom is -0.373 e. The second-order valence-corrected chi connectivity index (χ2v) is 4.12. The van der Waals surface area contributed by atoms with Crippen molar-refractivity contribution in [3.63, 3.8) is 0 Å². The predicted octanol–water partition coefficient (Wildman–Crippen LogP) is 1.40. The molecule has 2 rings (SSSR count). The molecule has 0 spiro atoms. The number of anilines is 1. The average Bonchev–Trinajstić information content (AvgIpc) is 2.81. The van der Waals surface area contributed by atoms with E-state index >= 15 is 0 Å². The van der Waals surface area contributed by atoms with Crippen LogP contribution >= 0.6 is 11.6 Å². The van der Waals surface area contributed by atoms with Gasteiger partial charge in [0, 0.05) is 12.6 Å². The lowest BCUT2D eigenvalue weighted by molar-refractivity contribution is 0.0946. The Morgan fingerprint density at radius 2 is 2.21 bits per heavy atom. The molecule has 0 atom stereocenters. The third-order valence-corrected chi connectivity index (χ3v) is 2.48. The van der Waals surface area contributed by atoms with E-state index in [1.54, 1.807) is 20.0 Å². The number of aryl methyl sites for hydroxylation is 1. The van der Waals surface area contributed by atoms with Crippen LogP contribution in [0, 0.1) is 6.92 Å². The van der Waals surface area contributed by atoms with Gasteiger partial charge in [0.1, 0.15) is 11.0 Å². The van der Waals surface area contributed by atoms with Gasteiger partial charge in [-0.3, -0.25) is 4.79 Å². The van der Waals surface area contributed by atoms with Crippen molar-refractivity contribution in [3.05, 3.63) is 34.6 Å². The Morgan fingerprint density at radius 3 is 2.84 bits per heavy atom. The van der Waals surface area contributed by atoms with Crippen LogP contribution in [-0.2, 0) is 6.54 Å². The number of carbonyl (C=O) groups excluding carboxylic acids is 1. The van der Waals surface area contributed by atoms with Gasteiger partial charge in [-0.15, -0.1) is 0 Å². The first kappa shape index (κ1) is 13.3. The second-order valence-electron chi connectivity index (χ2n) is 3.73. The lowest BCUT2D eigenvalue weighted by Gasteiger charge is -2.05. The quantitative estimate of drug-likeness (QED) is 0.823. The minimum absolute atomic E-state index is 0.161. The molecule has 2 aromatic rings. The molecule has 0 aliphatic heterocycles. The molecule has 2 aromatic heterocycles. The molecule has 7 nitrogen and oxygen atoms in total. The van der Waals surface area contributed by atoms with Crippen LogP contribution in [-0.4, -0.2) is 28.1 Å². The van der Waals surface area contributed by atoms with Crippen LogP contribution in [0.15, 0.2) is 16.7 Å². The van der Waals surface area contributed by atoms with Gasteiger partial charge in [-0.05, 0) is 19.1 Å². The molecule has 1 amide bonds. The van der Waals surface area contributed by atoms with E-state index in [4.69, 9.17) is 16.1 Å². The summed E-state index contributed by atoms with van der Waals surface area (Å²) in [6.45, 7) is 1.87. The van der Waals surface area contributed by atoms with E-state index < -0.39 is 0 Å². The highest BCUT2D eigenvalue weighted by atomic mass is 35.5. The van der Waals surface area contributed by atoms with E-state index in [2.05, 4.69) is 25.8 Å². The Morgan fingerprint density at radius 1 is 1.42 bits per heavy atom. The molecule has 8 heteroatoms. The van der Waals surface area contributed by atoms with Gasteiger partial charge in [0.2, 0.25) is 5.89 Å². The van der Waals surface area contributed by atoms with Gasteiger partial charge in [-0.1, -0.05) is 16.8 Å². The summed E-state index contributed by atoms with van der Waals surface area (Å²) in [7, 11) is 1.70. The number of pyridine rings is 1. The van der Waals surface area contributed by atoms with Crippen LogP contribution in [0.25, 0.3) is 0 Å². The second kappa shape index (κ2) is 5.66. The molecule has 0 aromatic carbocycles. The first-order valence-corrected chi connectivity index (χ1v) is 5.89. The van der Waals surface area contributed by atoms with Crippen LogP contribution in [0.3, 0.4) is 0 Å². The first-order chi connectivity index (χ1) is 9.08. The summed E-state index contributed by atoms with van der Waals surface area (Å²) in [6.07, 6.45) is 0. The first-order valence-electron chi connectivity index (χ1n) is 5.51. The van der Waals surface area contributed by atoms with Crippen LogP contribution < -0.4 is 10.6 Å². The fourth-order valence-electron chi connectivity index (χ4n) is 1.43. The van der Waals surface area contributed by atoms with Crippen molar-refractivity contribution >= 4 is 23.3 Å². The standard InChI is InChI=1S/C11H12ClN5O2/c1-6-15-10(19-17-6)5-14-11(18)7-3-8(12)16-9(4-7)13-2/h3-4H,5H2,1-2H3,(H,13,16)(H,14,18). The van der Waals surface area contributed by atoms with Crippen molar-refractivity contribution in [2.24, 2.45) is 0 Å². The summed E-state index contributed by atoms with van der Waals surface area (Å²) in [5, 5.41) is 9.35. The number of hydrogen-bond donors (Lipinski definition) is 2.